The van der Waals surface area contributed by atoms with E-state index in [-0.39, 0.29) is 16.8 Å². The van der Waals surface area contributed by atoms with Crippen LogP contribution in [0, 0.1) is 0 Å². The Balaban J connectivity index is 2.24. The fourth-order valence-corrected chi connectivity index (χ4v) is 3.81. The number of nitrogens with zero attached hydrogens (tertiary/aromatic N) is 1. The Morgan fingerprint density at radius 3 is 3.06 bits per heavy atom. The number of fused-ring (bicyclic) bond motifs is 3. The highest BCUT2D eigenvalue weighted by atomic mass is 32.2. The van der Waals surface area contributed by atoms with Crippen LogP contribution in [0.1, 0.15) is 12.8 Å². The van der Waals surface area contributed by atoms with E-state index in [0.29, 0.717) is 5.69 Å². The lowest BCUT2D eigenvalue weighted by Gasteiger charge is -2.33. The third-order valence-corrected chi connectivity index (χ3v) is 4.59. The Hall–Kier alpha value is -1.27. The van der Waals surface area contributed by atoms with E-state index >= 15 is 0 Å². The van der Waals surface area contributed by atoms with Crippen LogP contribution < -0.4 is 9.62 Å². The van der Waals surface area contributed by atoms with Crippen molar-refractivity contribution in [3.8, 4) is 5.75 Å². The van der Waals surface area contributed by atoms with Gasteiger partial charge in [0.05, 0.1) is 11.9 Å². The highest BCUT2D eigenvalue weighted by Gasteiger charge is 2.37. The lowest BCUT2D eigenvalue weighted by Crippen LogP contribution is -2.48. The average Bonchev–Trinajstić information content (AvgIpc) is 2.64. The van der Waals surface area contributed by atoms with Gasteiger partial charge in [0.25, 0.3) is 0 Å². The molecule has 6 heteroatoms. The summed E-state index contributed by atoms with van der Waals surface area (Å²) in [4.78, 5) is 2.25. The minimum absolute atomic E-state index is 0.0986. The first-order valence-electron chi connectivity index (χ1n) is 5.20. The van der Waals surface area contributed by atoms with Crippen molar-refractivity contribution in [1.82, 2.24) is 4.72 Å². The first-order valence-corrected chi connectivity index (χ1v) is 6.68. The zero-order chi connectivity index (χ0) is 11.3. The second-order valence-corrected chi connectivity index (χ2v) is 5.81. The van der Waals surface area contributed by atoms with E-state index < -0.39 is 10.0 Å². The number of anilines is 1. The highest BCUT2D eigenvalue weighted by molar-refractivity contribution is 7.89. The molecule has 1 unspecified atom stereocenters. The second kappa shape index (κ2) is 3.11. The van der Waals surface area contributed by atoms with E-state index in [0.717, 1.165) is 19.4 Å². The van der Waals surface area contributed by atoms with Crippen molar-refractivity contribution in [3.63, 3.8) is 0 Å². The molecule has 0 bridgehead atoms. The third-order valence-electron chi connectivity index (χ3n) is 3.09. The zero-order valence-electron chi connectivity index (χ0n) is 8.55. The Labute approximate surface area is 93.7 Å². The van der Waals surface area contributed by atoms with Crippen LogP contribution in [-0.4, -0.2) is 26.2 Å². The van der Waals surface area contributed by atoms with E-state index in [2.05, 4.69) is 4.72 Å². The van der Waals surface area contributed by atoms with Gasteiger partial charge < -0.3 is 10.0 Å². The molecule has 1 aromatic carbocycles. The van der Waals surface area contributed by atoms with Crippen LogP contribution in [0.15, 0.2) is 23.1 Å². The SMILES string of the molecule is O=S1(=O)NC2CCCN2c2cc(O)ccc21. The Kier molecular flexibility index (Phi) is 1.93. The van der Waals surface area contributed by atoms with Crippen LogP contribution in [0.4, 0.5) is 5.69 Å². The Morgan fingerprint density at radius 2 is 2.25 bits per heavy atom. The van der Waals surface area contributed by atoms with Crippen LogP contribution in [0.25, 0.3) is 0 Å². The molecule has 86 valence electrons. The van der Waals surface area contributed by atoms with Gasteiger partial charge >= 0.3 is 0 Å². The van der Waals surface area contributed by atoms with Crippen LogP contribution in [-0.2, 0) is 10.0 Å². The number of benzene rings is 1. The van der Waals surface area contributed by atoms with Gasteiger partial charge in [-0.2, -0.15) is 4.72 Å². The summed E-state index contributed by atoms with van der Waals surface area (Å²) in [5.41, 5.74) is 0.612. The molecular weight excluding hydrogens is 228 g/mol. The number of hydrogen-bond acceptors (Lipinski definition) is 4. The van der Waals surface area contributed by atoms with Crippen molar-refractivity contribution < 1.29 is 13.5 Å². The molecule has 0 aliphatic carbocycles. The summed E-state index contributed by atoms with van der Waals surface area (Å²) < 4.78 is 26.5. The van der Waals surface area contributed by atoms with Gasteiger partial charge in [-0.3, -0.25) is 0 Å². The molecule has 0 amide bonds. The van der Waals surface area contributed by atoms with E-state index in [9.17, 15) is 13.5 Å². The molecule has 2 aliphatic rings. The number of phenols is 1. The van der Waals surface area contributed by atoms with Crippen LogP contribution in [0.3, 0.4) is 0 Å². The molecule has 2 aliphatic heterocycles. The fraction of sp³-hybridized carbons (Fsp3) is 0.400. The molecule has 2 N–H and O–H groups in total. The zero-order valence-corrected chi connectivity index (χ0v) is 9.37. The number of hydrogen-bond donors (Lipinski definition) is 2. The van der Waals surface area contributed by atoms with E-state index in [1.54, 1.807) is 0 Å². The summed E-state index contributed by atoms with van der Waals surface area (Å²) >= 11 is 0. The van der Waals surface area contributed by atoms with Gasteiger partial charge in [0.15, 0.2) is 0 Å². The number of phenolic OH excluding ortho intramolecular Hbond substituents is 1. The van der Waals surface area contributed by atoms with Gasteiger partial charge in [-0.15, -0.1) is 0 Å². The van der Waals surface area contributed by atoms with E-state index in [1.165, 1.54) is 18.2 Å². The van der Waals surface area contributed by atoms with Crippen molar-refractivity contribution in [2.24, 2.45) is 0 Å². The molecule has 0 radical (unpaired) electrons. The third kappa shape index (κ3) is 1.30. The maximum absolute atomic E-state index is 11.9. The van der Waals surface area contributed by atoms with Crippen molar-refractivity contribution in [2.75, 3.05) is 11.4 Å². The normalized spacial score (nSPS) is 26.2. The molecule has 1 atom stereocenters. The van der Waals surface area contributed by atoms with Gasteiger partial charge in [0, 0.05) is 12.6 Å². The van der Waals surface area contributed by atoms with Crippen molar-refractivity contribution in [3.05, 3.63) is 18.2 Å². The van der Waals surface area contributed by atoms with E-state index in [4.69, 9.17) is 0 Å². The molecule has 3 rings (SSSR count). The highest BCUT2D eigenvalue weighted by Crippen LogP contribution is 2.37. The van der Waals surface area contributed by atoms with Gasteiger partial charge in [-0.05, 0) is 25.0 Å². The van der Waals surface area contributed by atoms with Crippen molar-refractivity contribution in [2.45, 2.75) is 23.9 Å². The molecule has 1 aromatic rings. The summed E-state index contributed by atoms with van der Waals surface area (Å²) in [7, 11) is -3.42. The summed E-state index contributed by atoms with van der Waals surface area (Å²) in [5, 5.41) is 9.44. The number of rotatable bonds is 0. The van der Waals surface area contributed by atoms with Gasteiger partial charge in [-0.1, -0.05) is 0 Å². The molecule has 1 saturated heterocycles. The first-order chi connectivity index (χ1) is 7.58. The van der Waals surface area contributed by atoms with E-state index in [1.807, 2.05) is 4.90 Å². The predicted molar refractivity (Wildman–Crippen MR) is 58.8 cm³/mol. The van der Waals surface area contributed by atoms with Gasteiger partial charge in [0.1, 0.15) is 10.6 Å². The maximum atomic E-state index is 11.9. The Morgan fingerprint density at radius 1 is 1.44 bits per heavy atom. The minimum atomic E-state index is -3.42. The summed E-state index contributed by atoms with van der Waals surface area (Å²) in [6, 6.07) is 4.36. The predicted octanol–water partition coefficient (Wildman–Crippen LogP) is 0.610. The minimum Gasteiger partial charge on any atom is -0.508 e. The Bertz CT molecular complexity index is 541. The fourth-order valence-electron chi connectivity index (χ4n) is 2.38. The molecule has 1 fully saturated rings. The van der Waals surface area contributed by atoms with Crippen LogP contribution in [0.2, 0.25) is 0 Å². The lowest BCUT2D eigenvalue weighted by atomic mass is 10.2. The molecule has 16 heavy (non-hydrogen) atoms. The second-order valence-electron chi connectivity index (χ2n) is 4.12. The molecule has 0 saturated carbocycles. The molecular formula is C10H12N2O3S. The number of nitrogens with one attached hydrogen (secondary N) is 1. The topological polar surface area (TPSA) is 69.6 Å². The van der Waals surface area contributed by atoms with Crippen LogP contribution >= 0.6 is 0 Å². The molecule has 0 spiro atoms. The summed E-state index contributed by atoms with van der Waals surface area (Å²) in [6.07, 6.45) is 1.62. The quantitative estimate of drug-likeness (QED) is 0.697. The van der Waals surface area contributed by atoms with Crippen LogP contribution in [0.5, 0.6) is 5.75 Å². The molecule has 0 aromatic heterocycles. The molecule has 2 heterocycles. The standard InChI is InChI=1S/C10H12N2O3S/c13-7-3-4-9-8(6-7)12-5-1-2-10(12)11-16(9,14)15/h3-4,6,10-11,13H,1-2,5H2. The van der Waals surface area contributed by atoms with Crippen molar-refractivity contribution >= 4 is 15.7 Å². The van der Waals surface area contributed by atoms with Crippen molar-refractivity contribution in [1.29, 1.82) is 0 Å². The summed E-state index contributed by atoms with van der Waals surface area (Å²) in [6.45, 7) is 0.823. The maximum Gasteiger partial charge on any atom is 0.244 e. The number of aromatic hydroxyl groups is 1. The number of sulfonamides is 1. The largest absolute Gasteiger partial charge is 0.508 e. The lowest BCUT2D eigenvalue weighted by molar-refractivity contribution is 0.473. The molecule has 5 nitrogen and oxygen atoms in total. The van der Waals surface area contributed by atoms with Gasteiger partial charge in [0.2, 0.25) is 10.0 Å². The smallest absolute Gasteiger partial charge is 0.244 e. The summed E-state index contributed by atoms with van der Waals surface area (Å²) in [5.74, 6) is 0.0986. The first kappa shape index (κ1) is 9.92. The average molecular weight is 240 g/mol. The van der Waals surface area contributed by atoms with Gasteiger partial charge in [-0.25, -0.2) is 8.42 Å². The monoisotopic (exact) mass is 240 g/mol.